The van der Waals surface area contributed by atoms with Gasteiger partial charge in [-0.15, -0.1) is 11.3 Å². The molecule has 0 aliphatic heterocycles. The number of benzene rings is 2. The molecule has 0 saturated heterocycles. The van der Waals surface area contributed by atoms with Gasteiger partial charge in [0.15, 0.2) is 11.5 Å². The third-order valence-corrected chi connectivity index (χ3v) is 7.26. The lowest BCUT2D eigenvalue weighted by molar-refractivity contribution is -0.114. The van der Waals surface area contributed by atoms with Gasteiger partial charge in [0.25, 0.3) is 10.0 Å². The van der Waals surface area contributed by atoms with Gasteiger partial charge in [-0.2, -0.15) is 0 Å². The molecule has 0 aliphatic carbocycles. The van der Waals surface area contributed by atoms with E-state index in [9.17, 15) is 17.6 Å². The number of rotatable bonds is 8. The van der Waals surface area contributed by atoms with Crippen LogP contribution in [0.1, 0.15) is 0 Å². The Morgan fingerprint density at radius 3 is 2.37 bits per heavy atom. The summed E-state index contributed by atoms with van der Waals surface area (Å²) >= 11 is 1.03. The van der Waals surface area contributed by atoms with Crippen LogP contribution < -0.4 is 19.1 Å². The summed E-state index contributed by atoms with van der Waals surface area (Å²) in [6.07, 6.45) is 0. The van der Waals surface area contributed by atoms with Gasteiger partial charge in [-0.1, -0.05) is 6.07 Å². The van der Waals surface area contributed by atoms with E-state index in [0.29, 0.717) is 17.2 Å². The highest BCUT2D eigenvalue weighted by Gasteiger charge is 2.28. The van der Waals surface area contributed by atoms with Crippen molar-refractivity contribution < 1.29 is 27.1 Å². The number of methoxy groups -OCH3 is 2. The molecule has 3 aromatic rings. The van der Waals surface area contributed by atoms with Crippen molar-refractivity contribution >= 4 is 38.6 Å². The molecule has 1 amide bonds. The summed E-state index contributed by atoms with van der Waals surface area (Å²) in [5.74, 6) is -0.186. The molecule has 2 aromatic carbocycles. The monoisotopic (exact) mass is 450 g/mol. The zero-order valence-electron chi connectivity index (χ0n) is 16.2. The van der Waals surface area contributed by atoms with Crippen molar-refractivity contribution in [1.82, 2.24) is 0 Å². The number of carbonyl (C=O) groups is 1. The number of thiophene rings is 1. The zero-order chi connectivity index (χ0) is 21.7. The number of nitrogens with zero attached hydrogens (tertiary/aromatic N) is 1. The first kappa shape index (κ1) is 21.6. The topological polar surface area (TPSA) is 84.9 Å². The van der Waals surface area contributed by atoms with E-state index in [1.54, 1.807) is 29.6 Å². The van der Waals surface area contributed by atoms with Gasteiger partial charge in [0.2, 0.25) is 5.91 Å². The summed E-state index contributed by atoms with van der Waals surface area (Å²) in [5.41, 5.74) is 0.581. The fourth-order valence-corrected chi connectivity index (χ4v) is 5.21. The van der Waals surface area contributed by atoms with Crippen LogP contribution in [0.5, 0.6) is 11.5 Å². The second kappa shape index (κ2) is 9.14. The van der Waals surface area contributed by atoms with Crippen molar-refractivity contribution in [1.29, 1.82) is 0 Å². The number of carbonyl (C=O) groups excluding carboxylic acids is 1. The van der Waals surface area contributed by atoms with Gasteiger partial charge >= 0.3 is 0 Å². The Bertz CT molecular complexity index is 1120. The number of anilines is 2. The molecule has 158 valence electrons. The molecule has 0 spiro atoms. The fourth-order valence-electron chi connectivity index (χ4n) is 2.69. The molecule has 0 bridgehead atoms. The van der Waals surface area contributed by atoms with Gasteiger partial charge in [-0.05, 0) is 47.8 Å². The van der Waals surface area contributed by atoms with Gasteiger partial charge in [0, 0.05) is 11.8 Å². The predicted octanol–water partition coefficient (Wildman–Crippen LogP) is 3.74. The Labute approximate surface area is 177 Å². The van der Waals surface area contributed by atoms with Crippen LogP contribution in [-0.4, -0.2) is 35.1 Å². The second-order valence-corrected chi connectivity index (χ2v) is 9.07. The summed E-state index contributed by atoms with van der Waals surface area (Å²) in [4.78, 5) is 12.7. The Hall–Kier alpha value is -3.11. The molecule has 7 nitrogen and oxygen atoms in total. The van der Waals surface area contributed by atoms with Crippen LogP contribution in [0.2, 0.25) is 0 Å². The van der Waals surface area contributed by atoms with E-state index in [0.717, 1.165) is 27.8 Å². The molecule has 1 aromatic heterocycles. The number of sulfonamides is 1. The van der Waals surface area contributed by atoms with Crippen LogP contribution >= 0.6 is 11.3 Å². The standard InChI is InChI=1S/C20H19FN2O5S2/c1-27-17-10-7-15(12-18(17)28-2)22-19(24)13-23(16-8-5-14(21)6-9-16)30(25,26)20-4-3-11-29-20/h3-12H,13H2,1-2H3,(H,22,24). The van der Waals surface area contributed by atoms with Crippen molar-refractivity contribution in [3.05, 3.63) is 65.8 Å². The quantitative estimate of drug-likeness (QED) is 0.565. The minimum absolute atomic E-state index is 0.0748. The van der Waals surface area contributed by atoms with Gasteiger partial charge in [-0.3, -0.25) is 9.10 Å². The summed E-state index contributed by atoms with van der Waals surface area (Å²) in [6, 6.07) is 12.7. The van der Waals surface area contributed by atoms with Crippen LogP contribution in [0.25, 0.3) is 0 Å². The Kier molecular flexibility index (Phi) is 6.58. The minimum Gasteiger partial charge on any atom is -0.493 e. The third-order valence-electron chi connectivity index (χ3n) is 4.11. The molecule has 0 radical (unpaired) electrons. The molecule has 0 saturated carbocycles. The third kappa shape index (κ3) is 4.71. The highest BCUT2D eigenvalue weighted by molar-refractivity contribution is 7.94. The van der Waals surface area contributed by atoms with Crippen LogP contribution in [0.15, 0.2) is 64.2 Å². The molecule has 0 atom stereocenters. The molecule has 0 fully saturated rings. The van der Waals surface area contributed by atoms with E-state index in [-0.39, 0.29) is 9.90 Å². The Morgan fingerprint density at radius 1 is 1.07 bits per heavy atom. The van der Waals surface area contributed by atoms with Crippen LogP contribution in [-0.2, 0) is 14.8 Å². The van der Waals surface area contributed by atoms with Crippen LogP contribution in [0.3, 0.4) is 0 Å². The number of halogens is 1. The smallest absolute Gasteiger partial charge is 0.274 e. The first-order chi connectivity index (χ1) is 14.3. The van der Waals surface area contributed by atoms with E-state index in [4.69, 9.17) is 9.47 Å². The maximum atomic E-state index is 13.3. The number of hydrogen-bond donors (Lipinski definition) is 1. The van der Waals surface area contributed by atoms with Gasteiger partial charge < -0.3 is 14.8 Å². The average molecular weight is 451 g/mol. The van der Waals surface area contributed by atoms with Crippen molar-refractivity contribution in [2.24, 2.45) is 0 Å². The zero-order valence-corrected chi connectivity index (χ0v) is 17.8. The van der Waals surface area contributed by atoms with Gasteiger partial charge in [-0.25, -0.2) is 12.8 Å². The lowest BCUT2D eigenvalue weighted by Gasteiger charge is -2.23. The van der Waals surface area contributed by atoms with E-state index in [1.165, 1.54) is 32.4 Å². The predicted molar refractivity (Wildman–Crippen MR) is 113 cm³/mol. The van der Waals surface area contributed by atoms with Gasteiger partial charge in [0.05, 0.1) is 19.9 Å². The lowest BCUT2D eigenvalue weighted by atomic mass is 10.2. The summed E-state index contributed by atoms with van der Waals surface area (Å²) in [7, 11) is -1.05. The molecule has 0 aliphatic rings. The first-order valence-corrected chi connectivity index (χ1v) is 11.0. The van der Waals surface area contributed by atoms with E-state index in [1.807, 2.05) is 0 Å². The van der Waals surface area contributed by atoms with Crippen molar-refractivity contribution in [2.45, 2.75) is 4.21 Å². The summed E-state index contributed by atoms with van der Waals surface area (Å²) in [6.45, 7) is -0.500. The Morgan fingerprint density at radius 2 is 1.77 bits per heavy atom. The number of hydrogen-bond acceptors (Lipinski definition) is 6. The Balaban J connectivity index is 1.88. The molecule has 1 heterocycles. The second-order valence-electron chi connectivity index (χ2n) is 6.04. The van der Waals surface area contributed by atoms with Crippen LogP contribution in [0, 0.1) is 5.82 Å². The highest BCUT2D eigenvalue weighted by atomic mass is 32.2. The molecular formula is C20H19FN2O5S2. The molecule has 3 rings (SSSR count). The largest absolute Gasteiger partial charge is 0.493 e. The van der Waals surface area contributed by atoms with Crippen molar-refractivity contribution in [2.75, 3.05) is 30.4 Å². The van der Waals surface area contributed by atoms with Crippen molar-refractivity contribution in [3.63, 3.8) is 0 Å². The minimum atomic E-state index is -4.01. The number of amides is 1. The number of nitrogens with one attached hydrogen (secondary N) is 1. The summed E-state index contributed by atoms with van der Waals surface area (Å²) in [5, 5.41) is 4.27. The number of ether oxygens (including phenoxy) is 2. The maximum absolute atomic E-state index is 13.3. The average Bonchev–Trinajstić information content (AvgIpc) is 3.28. The van der Waals surface area contributed by atoms with Crippen LogP contribution in [0.4, 0.5) is 15.8 Å². The van der Waals surface area contributed by atoms with Crippen molar-refractivity contribution in [3.8, 4) is 11.5 Å². The van der Waals surface area contributed by atoms with Gasteiger partial charge in [0.1, 0.15) is 16.6 Å². The van der Waals surface area contributed by atoms with E-state index in [2.05, 4.69) is 5.32 Å². The molecule has 0 unspecified atom stereocenters. The molecular weight excluding hydrogens is 431 g/mol. The fraction of sp³-hybridized carbons (Fsp3) is 0.150. The highest BCUT2D eigenvalue weighted by Crippen LogP contribution is 2.30. The normalized spacial score (nSPS) is 11.0. The molecule has 30 heavy (non-hydrogen) atoms. The summed E-state index contributed by atoms with van der Waals surface area (Å²) < 4.78 is 50.9. The van der Waals surface area contributed by atoms with E-state index >= 15 is 0 Å². The molecule has 1 N–H and O–H groups in total. The van der Waals surface area contributed by atoms with E-state index < -0.39 is 28.3 Å². The molecule has 10 heteroatoms. The lowest BCUT2D eigenvalue weighted by Crippen LogP contribution is -2.37. The maximum Gasteiger partial charge on any atom is 0.274 e. The SMILES string of the molecule is COc1ccc(NC(=O)CN(c2ccc(F)cc2)S(=O)(=O)c2cccs2)cc1OC. The first-order valence-electron chi connectivity index (χ1n) is 8.69.